The fourth-order valence-corrected chi connectivity index (χ4v) is 4.04. The predicted molar refractivity (Wildman–Crippen MR) is 107 cm³/mol. The zero-order valence-electron chi connectivity index (χ0n) is 16.7. The number of pyridine rings is 1. The number of nitrogens with zero attached hydrogens (tertiary/aromatic N) is 3. The summed E-state index contributed by atoms with van der Waals surface area (Å²) in [5, 5.41) is 11.2. The van der Waals surface area contributed by atoms with Crippen molar-refractivity contribution >= 4 is 11.7 Å². The van der Waals surface area contributed by atoms with Gasteiger partial charge in [0.25, 0.3) is 5.91 Å². The Morgan fingerprint density at radius 1 is 1.37 bits per heavy atom. The van der Waals surface area contributed by atoms with Crippen molar-refractivity contribution in [3.8, 4) is 6.07 Å². The second-order valence-corrected chi connectivity index (χ2v) is 8.18. The summed E-state index contributed by atoms with van der Waals surface area (Å²) >= 11 is 0. The minimum Gasteiger partial charge on any atom is -0.468 e. The molecule has 0 radical (unpaired) electrons. The van der Waals surface area contributed by atoms with Crippen molar-refractivity contribution in [3.63, 3.8) is 0 Å². The quantitative estimate of drug-likeness (QED) is 0.807. The van der Waals surface area contributed by atoms with E-state index in [1.807, 2.05) is 13.8 Å². The molecule has 3 heterocycles. The monoisotopic (exact) mass is 403 g/mol. The number of carbonyl (C=O) groups excluding carboxylic acids is 2. The Hall–Kier alpha value is -3.86. The molecule has 8 heteroatoms. The molecule has 1 aliphatic carbocycles. The van der Waals surface area contributed by atoms with Crippen LogP contribution >= 0.6 is 0 Å². The van der Waals surface area contributed by atoms with Crippen LogP contribution in [0.3, 0.4) is 0 Å². The van der Waals surface area contributed by atoms with Crippen LogP contribution < -0.4 is 11.2 Å². The average molecular weight is 403 g/mol. The molecule has 4 rings (SSSR count). The van der Waals surface area contributed by atoms with E-state index in [0.29, 0.717) is 35.4 Å². The maximum atomic E-state index is 13.2. The number of allylic oxidation sites excluding steroid dienone is 3. The highest BCUT2D eigenvalue weighted by molar-refractivity contribution is 6.00. The van der Waals surface area contributed by atoms with E-state index in [4.69, 9.17) is 10.2 Å². The first-order chi connectivity index (χ1) is 14.3. The fourth-order valence-electron chi connectivity index (χ4n) is 4.04. The van der Waals surface area contributed by atoms with Gasteiger partial charge in [0.2, 0.25) is 0 Å². The van der Waals surface area contributed by atoms with Gasteiger partial charge in [-0.15, -0.1) is 0 Å². The first kappa shape index (κ1) is 19.5. The lowest BCUT2D eigenvalue weighted by Gasteiger charge is -2.42. The van der Waals surface area contributed by atoms with Gasteiger partial charge in [0, 0.05) is 24.4 Å². The number of nitriles is 1. The second kappa shape index (κ2) is 7.19. The Kier molecular flexibility index (Phi) is 4.66. The number of ketones is 1. The normalized spacial score (nSPS) is 20.6. The summed E-state index contributed by atoms with van der Waals surface area (Å²) in [4.78, 5) is 30.0. The molecule has 2 aromatic heterocycles. The minimum absolute atomic E-state index is 0.0698. The number of nitrogens with two attached hydrogens (primary N) is 1. The third-order valence-electron chi connectivity index (χ3n) is 5.35. The van der Waals surface area contributed by atoms with E-state index in [1.54, 1.807) is 30.5 Å². The number of Topliss-reactive ketones (excluding diaryl/α,β-unsaturated/α-hetero) is 1. The third-order valence-corrected chi connectivity index (χ3v) is 5.35. The average Bonchev–Trinajstić information content (AvgIpc) is 3.24. The number of carbonyl (C=O) groups is 2. The van der Waals surface area contributed by atoms with Gasteiger partial charge < -0.3 is 10.2 Å². The Bertz CT molecular complexity index is 1110. The van der Waals surface area contributed by atoms with E-state index in [1.165, 1.54) is 17.5 Å². The predicted octanol–water partition coefficient (Wildman–Crippen LogP) is 2.76. The highest BCUT2D eigenvalue weighted by Gasteiger charge is 2.45. The van der Waals surface area contributed by atoms with Crippen LogP contribution in [0.5, 0.6) is 0 Å². The molecule has 0 aromatic carbocycles. The van der Waals surface area contributed by atoms with Gasteiger partial charge >= 0.3 is 0 Å². The lowest BCUT2D eigenvalue weighted by molar-refractivity contribution is -0.118. The maximum Gasteiger partial charge on any atom is 0.271 e. The molecular formula is C22H21N5O3. The van der Waals surface area contributed by atoms with Crippen LogP contribution in [0, 0.1) is 16.7 Å². The van der Waals surface area contributed by atoms with Crippen LogP contribution in [0.1, 0.15) is 48.7 Å². The number of nitrogens with one attached hydrogen (secondary N) is 1. The summed E-state index contributed by atoms with van der Waals surface area (Å²) in [6.07, 6.45) is 5.32. The molecule has 2 aromatic rings. The summed E-state index contributed by atoms with van der Waals surface area (Å²) in [7, 11) is 0. The van der Waals surface area contributed by atoms with Crippen molar-refractivity contribution in [1.29, 1.82) is 5.26 Å². The summed E-state index contributed by atoms with van der Waals surface area (Å²) < 4.78 is 5.55. The molecule has 3 N–H and O–H groups in total. The van der Waals surface area contributed by atoms with E-state index < -0.39 is 11.8 Å². The number of aromatic nitrogens is 1. The summed E-state index contributed by atoms with van der Waals surface area (Å²) in [5.41, 5.74) is 10.3. The molecule has 0 bridgehead atoms. The SMILES string of the molecule is CC1(C)CC(=O)C2=C(C1)N(NC(=O)c1cccnc1)C(N)=C(C#N)C2c1ccco1. The van der Waals surface area contributed by atoms with Crippen LogP contribution in [0.15, 0.2) is 70.0 Å². The van der Waals surface area contributed by atoms with E-state index in [-0.39, 0.29) is 22.6 Å². The Labute approximate surface area is 173 Å². The smallest absolute Gasteiger partial charge is 0.271 e. The second-order valence-electron chi connectivity index (χ2n) is 8.18. The first-order valence-corrected chi connectivity index (χ1v) is 9.53. The summed E-state index contributed by atoms with van der Waals surface area (Å²) in [6.45, 7) is 3.97. The topological polar surface area (TPSA) is 125 Å². The highest BCUT2D eigenvalue weighted by atomic mass is 16.3. The number of rotatable bonds is 3. The van der Waals surface area contributed by atoms with E-state index in [9.17, 15) is 14.9 Å². The number of hydrogen-bond donors (Lipinski definition) is 2. The Morgan fingerprint density at radius 2 is 2.17 bits per heavy atom. The molecule has 0 saturated heterocycles. The van der Waals surface area contributed by atoms with Crippen molar-refractivity contribution in [1.82, 2.24) is 15.4 Å². The maximum absolute atomic E-state index is 13.2. The first-order valence-electron chi connectivity index (χ1n) is 9.53. The van der Waals surface area contributed by atoms with Gasteiger partial charge in [0.1, 0.15) is 11.6 Å². The van der Waals surface area contributed by atoms with Crippen molar-refractivity contribution in [3.05, 3.63) is 76.9 Å². The van der Waals surface area contributed by atoms with Crippen molar-refractivity contribution in [2.24, 2.45) is 11.1 Å². The zero-order valence-corrected chi connectivity index (χ0v) is 16.7. The van der Waals surface area contributed by atoms with Gasteiger partial charge in [-0.1, -0.05) is 13.8 Å². The van der Waals surface area contributed by atoms with Crippen LogP contribution in [0.25, 0.3) is 0 Å². The number of hydrogen-bond acceptors (Lipinski definition) is 7. The number of amides is 1. The molecule has 1 unspecified atom stereocenters. The molecular weight excluding hydrogens is 382 g/mol. The van der Waals surface area contributed by atoms with Crippen LogP contribution in [0.4, 0.5) is 0 Å². The lowest BCUT2D eigenvalue weighted by atomic mass is 9.70. The van der Waals surface area contributed by atoms with Gasteiger partial charge in [-0.25, -0.2) is 5.01 Å². The molecule has 1 atom stereocenters. The highest BCUT2D eigenvalue weighted by Crippen LogP contribution is 2.48. The van der Waals surface area contributed by atoms with Crippen LogP contribution in [-0.4, -0.2) is 21.7 Å². The molecule has 152 valence electrons. The van der Waals surface area contributed by atoms with Gasteiger partial charge in [0.05, 0.1) is 35.1 Å². The van der Waals surface area contributed by atoms with Crippen molar-refractivity contribution in [2.75, 3.05) is 0 Å². The molecule has 30 heavy (non-hydrogen) atoms. The molecule has 2 aliphatic rings. The van der Waals surface area contributed by atoms with Gasteiger partial charge in [-0.05, 0) is 36.1 Å². The fraction of sp³-hybridized carbons (Fsp3) is 0.273. The summed E-state index contributed by atoms with van der Waals surface area (Å²) in [6, 6.07) is 8.80. The molecule has 1 aliphatic heterocycles. The zero-order chi connectivity index (χ0) is 21.5. The third kappa shape index (κ3) is 3.24. The standard InChI is InChI=1S/C22H21N5O3/c1-22(2)9-15-19(16(28)10-22)18(17-6-4-8-30-17)14(11-23)20(24)27(15)26-21(29)13-5-3-7-25-12-13/h3-8,12,18H,9-10,24H2,1-2H3,(H,26,29). The molecule has 0 spiro atoms. The largest absolute Gasteiger partial charge is 0.468 e. The number of hydrazine groups is 1. The van der Waals surface area contributed by atoms with Gasteiger partial charge in [-0.3, -0.25) is 20.0 Å². The van der Waals surface area contributed by atoms with E-state index in [2.05, 4.69) is 16.5 Å². The number of furan rings is 1. The lowest BCUT2D eigenvalue weighted by Crippen LogP contribution is -2.49. The van der Waals surface area contributed by atoms with Gasteiger partial charge in [-0.2, -0.15) is 5.26 Å². The summed E-state index contributed by atoms with van der Waals surface area (Å²) in [5.74, 6) is -0.699. The molecule has 1 amide bonds. The minimum atomic E-state index is -0.699. The molecule has 0 fully saturated rings. The van der Waals surface area contributed by atoms with Gasteiger partial charge in [0.15, 0.2) is 5.78 Å². The Balaban J connectivity index is 1.85. The molecule has 0 saturated carbocycles. The van der Waals surface area contributed by atoms with Crippen molar-refractivity contribution in [2.45, 2.75) is 32.6 Å². The Morgan fingerprint density at radius 3 is 2.80 bits per heavy atom. The molecule has 8 nitrogen and oxygen atoms in total. The van der Waals surface area contributed by atoms with Crippen LogP contribution in [0.2, 0.25) is 0 Å². The van der Waals surface area contributed by atoms with Crippen molar-refractivity contribution < 1.29 is 14.0 Å². The van der Waals surface area contributed by atoms with E-state index in [0.717, 1.165) is 0 Å². The van der Waals surface area contributed by atoms with E-state index >= 15 is 0 Å². The van der Waals surface area contributed by atoms with Crippen LogP contribution in [-0.2, 0) is 4.79 Å².